The molecule has 1 amide bonds. The van der Waals surface area contributed by atoms with Gasteiger partial charge in [0.15, 0.2) is 5.69 Å². The van der Waals surface area contributed by atoms with Crippen molar-refractivity contribution in [3.8, 4) is 5.75 Å². The number of anilines is 1. The van der Waals surface area contributed by atoms with Gasteiger partial charge in [0.05, 0.1) is 5.56 Å². The fourth-order valence-corrected chi connectivity index (χ4v) is 1.92. The Morgan fingerprint density at radius 1 is 1.32 bits per heavy atom. The fraction of sp³-hybridized carbons (Fsp3) is 0.182. The van der Waals surface area contributed by atoms with E-state index in [0.717, 1.165) is 17.6 Å². The largest absolute Gasteiger partial charge is 0.434 e. The molecule has 11 heteroatoms. The Kier molecular flexibility index (Phi) is 4.54. The van der Waals surface area contributed by atoms with E-state index in [1.54, 1.807) is 0 Å². The normalized spacial score (nSPS) is 11.5. The van der Waals surface area contributed by atoms with E-state index in [-0.39, 0.29) is 11.4 Å². The first-order chi connectivity index (χ1) is 10.3. The van der Waals surface area contributed by atoms with Crippen molar-refractivity contribution in [2.75, 3.05) is 5.32 Å². The topological polar surface area (TPSA) is 64.1 Å². The number of ether oxygens (including phenoxy) is 1. The zero-order valence-electron chi connectivity index (χ0n) is 10.4. The van der Waals surface area contributed by atoms with Gasteiger partial charge in [-0.1, -0.05) is 4.49 Å². The number of carbonyl (C=O) groups is 1. The maximum absolute atomic E-state index is 12.8. The molecule has 1 heterocycles. The minimum Gasteiger partial charge on any atom is -0.434 e. The molecule has 5 nitrogen and oxygen atoms in total. The lowest BCUT2D eigenvalue weighted by Crippen LogP contribution is -2.15. The van der Waals surface area contributed by atoms with E-state index in [0.29, 0.717) is 12.1 Å². The van der Waals surface area contributed by atoms with Crippen LogP contribution in [-0.4, -0.2) is 22.1 Å². The molecule has 0 aliphatic carbocycles. The van der Waals surface area contributed by atoms with Crippen molar-refractivity contribution in [2.45, 2.75) is 12.8 Å². The maximum atomic E-state index is 12.8. The Bertz CT molecular complexity index is 660. The molecule has 0 bridgehead atoms. The average Bonchev–Trinajstić information content (AvgIpc) is 2.92. The van der Waals surface area contributed by atoms with Crippen LogP contribution in [0.15, 0.2) is 23.6 Å². The second-order valence-electron chi connectivity index (χ2n) is 3.83. The van der Waals surface area contributed by atoms with Crippen LogP contribution in [0.4, 0.5) is 27.6 Å². The molecule has 0 saturated carbocycles. The van der Waals surface area contributed by atoms with Crippen molar-refractivity contribution < 1.29 is 31.5 Å². The summed E-state index contributed by atoms with van der Waals surface area (Å²) in [4.78, 5) is 11.7. The molecule has 0 aliphatic rings. The Balaban J connectivity index is 2.28. The lowest BCUT2D eigenvalue weighted by Gasteiger charge is -2.15. The molecule has 0 atom stereocenters. The Morgan fingerprint density at radius 2 is 2.05 bits per heavy atom. The van der Waals surface area contributed by atoms with Crippen LogP contribution in [0.5, 0.6) is 5.75 Å². The predicted molar refractivity (Wildman–Crippen MR) is 65.9 cm³/mol. The monoisotopic (exact) mass is 339 g/mol. The Labute approximate surface area is 123 Å². The number of hydrogen-bond donors (Lipinski definition) is 1. The molecule has 1 N–H and O–H groups in total. The van der Waals surface area contributed by atoms with Gasteiger partial charge in [0, 0.05) is 11.1 Å². The second-order valence-corrected chi connectivity index (χ2v) is 4.44. The first kappa shape index (κ1) is 16.1. The number of hydrogen-bond acceptors (Lipinski definition) is 5. The summed E-state index contributed by atoms with van der Waals surface area (Å²) in [5.41, 5.74) is -1.75. The highest BCUT2D eigenvalue weighted by Gasteiger charge is 2.35. The van der Waals surface area contributed by atoms with Crippen LogP contribution in [0, 0.1) is 0 Å². The van der Waals surface area contributed by atoms with Crippen molar-refractivity contribution in [1.29, 1.82) is 0 Å². The SMILES string of the molecule is O=C(Nc1ccc(OC(F)F)c(C(F)(F)F)c1)c1csnn1. The van der Waals surface area contributed by atoms with Crippen LogP contribution >= 0.6 is 11.5 Å². The van der Waals surface area contributed by atoms with Crippen molar-refractivity contribution in [2.24, 2.45) is 0 Å². The van der Waals surface area contributed by atoms with Crippen LogP contribution in [0.25, 0.3) is 0 Å². The van der Waals surface area contributed by atoms with E-state index >= 15 is 0 Å². The number of nitrogens with zero attached hydrogens (tertiary/aromatic N) is 2. The summed E-state index contributed by atoms with van der Waals surface area (Å²) in [6, 6.07) is 2.20. The molecule has 0 unspecified atom stereocenters. The highest BCUT2D eigenvalue weighted by molar-refractivity contribution is 7.03. The summed E-state index contributed by atoms with van der Waals surface area (Å²) in [6.07, 6.45) is -4.92. The number of nitrogens with one attached hydrogen (secondary N) is 1. The third kappa shape index (κ3) is 3.87. The molecule has 0 radical (unpaired) electrons. The van der Waals surface area contributed by atoms with E-state index in [9.17, 15) is 26.7 Å². The third-order valence-electron chi connectivity index (χ3n) is 2.35. The average molecular weight is 339 g/mol. The highest BCUT2D eigenvalue weighted by Crippen LogP contribution is 2.38. The quantitative estimate of drug-likeness (QED) is 0.867. The molecule has 2 rings (SSSR count). The number of carbonyl (C=O) groups excluding carboxylic acids is 1. The molecule has 1 aromatic carbocycles. The molecule has 0 spiro atoms. The van der Waals surface area contributed by atoms with Crippen LogP contribution in [-0.2, 0) is 6.18 Å². The standard InChI is InChI=1S/C11H6F5N3O2S/c12-10(13)21-8-2-1-5(3-6(8)11(14,15)16)17-9(20)7-4-22-19-18-7/h1-4,10H,(H,17,20). The van der Waals surface area contributed by atoms with Gasteiger partial charge in [-0.3, -0.25) is 4.79 Å². The lowest BCUT2D eigenvalue weighted by atomic mass is 10.1. The van der Waals surface area contributed by atoms with Gasteiger partial charge in [-0.25, -0.2) is 0 Å². The molecule has 2 aromatic rings. The summed E-state index contributed by atoms with van der Waals surface area (Å²) >= 11 is 0.890. The van der Waals surface area contributed by atoms with Gasteiger partial charge in [-0.05, 0) is 29.7 Å². The van der Waals surface area contributed by atoms with Gasteiger partial charge < -0.3 is 10.1 Å². The van der Waals surface area contributed by atoms with Crippen LogP contribution in [0.2, 0.25) is 0 Å². The number of alkyl halides is 5. The van der Waals surface area contributed by atoms with Crippen molar-refractivity contribution in [3.05, 3.63) is 34.8 Å². The third-order valence-corrected chi connectivity index (χ3v) is 2.86. The van der Waals surface area contributed by atoms with Gasteiger partial charge in [0.2, 0.25) is 0 Å². The van der Waals surface area contributed by atoms with Crippen LogP contribution in [0.1, 0.15) is 16.1 Å². The molecule has 0 aliphatic heterocycles. The van der Waals surface area contributed by atoms with Gasteiger partial charge in [0.1, 0.15) is 5.75 Å². The zero-order valence-corrected chi connectivity index (χ0v) is 11.2. The van der Waals surface area contributed by atoms with Crippen molar-refractivity contribution in [3.63, 3.8) is 0 Å². The van der Waals surface area contributed by atoms with E-state index in [2.05, 4.69) is 19.6 Å². The molecule has 22 heavy (non-hydrogen) atoms. The minimum absolute atomic E-state index is 0.0773. The molecule has 0 saturated heterocycles. The van der Waals surface area contributed by atoms with Gasteiger partial charge in [0.25, 0.3) is 5.91 Å². The zero-order chi connectivity index (χ0) is 16.3. The van der Waals surface area contributed by atoms with Gasteiger partial charge in [-0.15, -0.1) is 5.10 Å². The lowest BCUT2D eigenvalue weighted by molar-refractivity contribution is -0.141. The fourth-order valence-electron chi connectivity index (χ4n) is 1.49. The number of aromatic nitrogens is 2. The van der Waals surface area contributed by atoms with Crippen molar-refractivity contribution in [1.82, 2.24) is 9.59 Å². The summed E-state index contributed by atoms with van der Waals surface area (Å²) < 4.78 is 70.0. The second kappa shape index (κ2) is 6.22. The number of rotatable bonds is 4. The number of halogens is 5. The Hall–Kier alpha value is -2.30. The number of amides is 1. The number of benzene rings is 1. The van der Waals surface area contributed by atoms with E-state index in [1.807, 2.05) is 0 Å². The first-order valence-corrected chi connectivity index (χ1v) is 6.35. The van der Waals surface area contributed by atoms with Crippen molar-refractivity contribution >= 4 is 23.1 Å². The predicted octanol–water partition coefficient (Wildman–Crippen LogP) is 3.41. The van der Waals surface area contributed by atoms with E-state index in [4.69, 9.17) is 0 Å². The molecular weight excluding hydrogens is 333 g/mol. The smallest absolute Gasteiger partial charge is 0.420 e. The maximum Gasteiger partial charge on any atom is 0.420 e. The van der Waals surface area contributed by atoms with Crippen LogP contribution in [0.3, 0.4) is 0 Å². The summed E-state index contributed by atoms with van der Waals surface area (Å²) in [5, 5.41) is 6.91. The van der Waals surface area contributed by atoms with Crippen LogP contribution < -0.4 is 10.1 Å². The minimum atomic E-state index is -4.92. The molecule has 118 valence electrons. The van der Waals surface area contributed by atoms with E-state index < -0.39 is 30.0 Å². The molecule has 0 fully saturated rings. The van der Waals surface area contributed by atoms with Gasteiger partial charge in [-0.2, -0.15) is 22.0 Å². The summed E-state index contributed by atoms with van der Waals surface area (Å²) in [7, 11) is 0. The first-order valence-electron chi connectivity index (χ1n) is 5.52. The highest BCUT2D eigenvalue weighted by atomic mass is 32.1. The Morgan fingerprint density at radius 3 is 2.59 bits per heavy atom. The van der Waals surface area contributed by atoms with E-state index in [1.165, 1.54) is 5.38 Å². The van der Waals surface area contributed by atoms with Gasteiger partial charge >= 0.3 is 12.8 Å². The molecular formula is C11H6F5N3O2S. The summed E-state index contributed by atoms with van der Waals surface area (Å²) in [6.45, 7) is -3.40. The molecule has 1 aromatic heterocycles. The summed E-state index contributed by atoms with van der Waals surface area (Å²) in [5.74, 6) is -1.81.